The molecule has 0 aliphatic heterocycles. The van der Waals surface area contributed by atoms with Crippen molar-refractivity contribution in [1.29, 1.82) is 0 Å². The third-order valence-corrected chi connectivity index (χ3v) is 1.97. The van der Waals surface area contributed by atoms with Crippen molar-refractivity contribution >= 4 is 17.1 Å². The van der Waals surface area contributed by atoms with Crippen molar-refractivity contribution in [3.63, 3.8) is 0 Å². The third kappa shape index (κ3) is 3.67. The van der Waals surface area contributed by atoms with Crippen molar-refractivity contribution in [2.45, 2.75) is 6.04 Å². The van der Waals surface area contributed by atoms with E-state index in [0.29, 0.717) is 0 Å². The molecular weight excluding hydrogens is 156 g/mol. The lowest BCUT2D eigenvalue weighted by Gasteiger charge is -2.10. The smallest absolute Gasteiger partial charge is 0.325 e. The first kappa shape index (κ1) is 9.70. The standard InChI is InChI=1S/C4H10N2O3S/c5-2-10(9)1-3(6)4(7)8/h3H,1-2,5-6H2,(H,7,8)/t3-,10?/m0/s1. The van der Waals surface area contributed by atoms with Crippen molar-refractivity contribution in [3.8, 4) is 0 Å². The van der Waals surface area contributed by atoms with E-state index in [1.165, 1.54) is 0 Å². The molecule has 60 valence electrons. The van der Waals surface area contributed by atoms with Crippen LogP contribution in [0.15, 0.2) is 0 Å². The molecule has 0 aromatic rings. The van der Waals surface area contributed by atoms with Crippen LogP contribution < -0.4 is 11.5 Å². The number of hydrogen-bond acceptors (Lipinski definition) is 4. The number of nitrogens with two attached hydrogens (primary N) is 2. The molecule has 0 saturated heterocycles. The van der Waals surface area contributed by atoms with E-state index in [0.717, 1.165) is 0 Å². The van der Waals surface area contributed by atoms with Crippen LogP contribution in [0.2, 0.25) is 0 Å². The first-order valence-corrected chi connectivity index (χ1v) is 4.10. The summed E-state index contributed by atoms with van der Waals surface area (Å²) in [5.74, 6) is -1.27. The zero-order valence-corrected chi connectivity index (χ0v) is 6.13. The van der Waals surface area contributed by atoms with Gasteiger partial charge in [0.05, 0.1) is 0 Å². The molecule has 0 rings (SSSR count). The van der Waals surface area contributed by atoms with Crippen molar-refractivity contribution in [2.24, 2.45) is 11.5 Å². The minimum absolute atomic E-state index is 0.0407. The van der Waals surface area contributed by atoms with E-state index >= 15 is 0 Å². The highest BCUT2D eigenvalue weighted by Crippen LogP contribution is 1.89. The summed E-state index contributed by atoms with van der Waals surface area (Å²) in [6.45, 7) is 0. The van der Waals surface area contributed by atoms with Gasteiger partial charge < -0.3 is 15.4 Å². The van der Waals surface area contributed by atoms with Gasteiger partial charge in [0, 0.05) is 0 Å². The lowest BCUT2D eigenvalue weighted by Crippen LogP contribution is -2.38. The summed E-state index contributed by atoms with van der Waals surface area (Å²) < 4.78 is 10.6. The molecule has 10 heavy (non-hydrogen) atoms. The van der Waals surface area contributed by atoms with Crippen LogP contribution >= 0.6 is 0 Å². The molecule has 0 aliphatic rings. The monoisotopic (exact) mass is 166 g/mol. The number of carboxylic acid groups (broad SMARTS) is 1. The van der Waals surface area contributed by atoms with Crippen LogP contribution in [0.25, 0.3) is 0 Å². The van der Waals surface area contributed by atoms with Gasteiger partial charge in [-0.3, -0.25) is 10.5 Å². The fourth-order valence-corrected chi connectivity index (χ4v) is 1.02. The highest BCUT2D eigenvalue weighted by Gasteiger charge is 2.17. The lowest BCUT2D eigenvalue weighted by molar-refractivity contribution is -0.137. The zero-order chi connectivity index (χ0) is 8.15. The van der Waals surface area contributed by atoms with Crippen LogP contribution in [0.1, 0.15) is 0 Å². The molecule has 0 amide bonds. The highest BCUT2D eigenvalue weighted by molar-refractivity contribution is 7.91. The fourth-order valence-electron chi connectivity index (χ4n) is 0.340. The summed E-state index contributed by atoms with van der Waals surface area (Å²) >= 11 is -1.31. The number of hydrogen-bond donors (Lipinski definition) is 3. The number of aliphatic carboxylic acids is 1. The van der Waals surface area contributed by atoms with Gasteiger partial charge in [-0.2, -0.15) is 0 Å². The van der Waals surface area contributed by atoms with E-state index in [1.807, 2.05) is 0 Å². The average Bonchev–Trinajstić information content (AvgIpc) is 1.87. The maximum Gasteiger partial charge on any atom is 0.325 e. The molecule has 0 spiro atoms. The van der Waals surface area contributed by atoms with Gasteiger partial charge in [0.2, 0.25) is 0 Å². The van der Waals surface area contributed by atoms with Crippen LogP contribution in [-0.4, -0.2) is 33.3 Å². The van der Waals surface area contributed by atoms with Gasteiger partial charge in [-0.1, -0.05) is 0 Å². The van der Waals surface area contributed by atoms with Crippen LogP contribution in [0.5, 0.6) is 0 Å². The Kier molecular flexibility index (Phi) is 4.37. The van der Waals surface area contributed by atoms with Gasteiger partial charge in [0.1, 0.15) is 11.8 Å². The topological polar surface area (TPSA) is 112 Å². The zero-order valence-electron chi connectivity index (χ0n) is 5.32. The molecule has 2 atom stereocenters. The van der Waals surface area contributed by atoms with Crippen molar-refractivity contribution in [1.82, 2.24) is 0 Å². The molecule has 0 aliphatic carbocycles. The summed E-state index contributed by atoms with van der Waals surface area (Å²) in [5, 5.41) is 8.23. The summed E-state index contributed by atoms with van der Waals surface area (Å²) in [7, 11) is 0. The van der Waals surface area contributed by atoms with E-state index in [1.54, 1.807) is 0 Å². The molecule has 0 aromatic heterocycles. The van der Waals surface area contributed by atoms with Crippen molar-refractivity contribution in [3.05, 3.63) is 0 Å². The largest absolute Gasteiger partial charge is 0.615 e. The Morgan fingerprint density at radius 2 is 2.30 bits per heavy atom. The summed E-state index contributed by atoms with van der Waals surface area (Å²) in [5.41, 5.74) is 10.0. The maximum absolute atomic E-state index is 10.6. The minimum Gasteiger partial charge on any atom is -0.615 e. The van der Waals surface area contributed by atoms with Gasteiger partial charge in [-0.25, -0.2) is 0 Å². The van der Waals surface area contributed by atoms with Crippen LogP contribution in [0.4, 0.5) is 0 Å². The molecule has 0 fully saturated rings. The number of carboxylic acids is 1. The minimum atomic E-state index is -1.31. The van der Waals surface area contributed by atoms with Gasteiger partial charge in [-0.15, -0.1) is 0 Å². The fraction of sp³-hybridized carbons (Fsp3) is 0.750. The second-order valence-electron chi connectivity index (χ2n) is 1.72. The maximum atomic E-state index is 10.6. The summed E-state index contributed by atoms with van der Waals surface area (Å²) in [6.07, 6.45) is 0. The van der Waals surface area contributed by atoms with Gasteiger partial charge >= 0.3 is 5.97 Å². The van der Waals surface area contributed by atoms with Crippen molar-refractivity contribution in [2.75, 3.05) is 11.6 Å². The Morgan fingerprint density at radius 3 is 2.60 bits per heavy atom. The van der Waals surface area contributed by atoms with E-state index in [2.05, 4.69) is 0 Å². The van der Waals surface area contributed by atoms with E-state index in [4.69, 9.17) is 16.6 Å². The van der Waals surface area contributed by atoms with Crippen molar-refractivity contribution < 1.29 is 14.5 Å². The Bertz CT molecular complexity index is 121. The normalized spacial score (nSPS) is 16.3. The molecule has 5 nitrogen and oxygen atoms in total. The molecule has 0 radical (unpaired) electrons. The second kappa shape index (κ2) is 4.51. The van der Waals surface area contributed by atoms with Crippen LogP contribution in [0.3, 0.4) is 0 Å². The Labute approximate surface area is 61.6 Å². The lowest BCUT2D eigenvalue weighted by atomic mass is 10.4. The van der Waals surface area contributed by atoms with Crippen LogP contribution in [-0.2, 0) is 16.0 Å². The second-order valence-corrected chi connectivity index (χ2v) is 3.26. The first-order valence-electron chi connectivity index (χ1n) is 2.61. The molecule has 0 heterocycles. The van der Waals surface area contributed by atoms with E-state index in [9.17, 15) is 9.35 Å². The predicted molar refractivity (Wildman–Crippen MR) is 37.7 cm³/mol. The molecule has 6 heteroatoms. The van der Waals surface area contributed by atoms with E-state index in [-0.39, 0.29) is 11.6 Å². The number of carbonyl (C=O) groups is 1. The summed E-state index contributed by atoms with van der Waals surface area (Å²) in [4.78, 5) is 10.1. The molecule has 5 N–H and O–H groups in total. The van der Waals surface area contributed by atoms with E-state index < -0.39 is 23.2 Å². The number of rotatable bonds is 4. The average molecular weight is 166 g/mol. The predicted octanol–water partition coefficient (Wildman–Crippen LogP) is -1.94. The third-order valence-electron chi connectivity index (χ3n) is 0.869. The Hall–Kier alpha value is -0.300. The molecular formula is C4H10N2O3S. The highest BCUT2D eigenvalue weighted by atomic mass is 32.2. The van der Waals surface area contributed by atoms with Gasteiger partial charge in [-0.05, 0) is 11.2 Å². The summed E-state index contributed by atoms with van der Waals surface area (Å²) in [6, 6.07) is -1.07. The van der Waals surface area contributed by atoms with Gasteiger partial charge in [0.25, 0.3) is 0 Å². The van der Waals surface area contributed by atoms with Crippen LogP contribution in [0, 0.1) is 0 Å². The molecule has 0 saturated carbocycles. The first-order chi connectivity index (χ1) is 4.57. The Balaban J connectivity index is 3.56. The molecule has 0 aromatic carbocycles. The quantitative estimate of drug-likeness (QED) is 0.421. The Morgan fingerprint density at radius 1 is 1.80 bits per heavy atom. The SMILES string of the molecule is NC[S+]([O-])C[C@H](N)C(=O)O. The van der Waals surface area contributed by atoms with Gasteiger partial charge in [0.15, 0.2) is 5.88 Å². The molecule has 0 bridgehead atoms. The molecule has 1 unspecified atom stereocenters.